The molecule has 2 rings (SSSR count). The Hall–Kier alpha value is -3.81. The standard InChI is InChI=1S/C19H16N2O6/c1-26-18(22)14-10-15(19(23)27-2)12-16(11-14)20-9-5-7-13-6-3-4-8-17(13)21(24)25/h3-12H,1-2H3. The molecular formula is C19H16N2O6. The second kappa shape index (κ2) is 9.04. The van der Waals surface area contributed by atoms with Gasteiger partial charge in [-0.3, -0.25) is 15.1 Å². The smallest absolute Gasteiger partial charge is 0.337 e. The molecule has 0 radical (unpaired) electrons. The van der Waals surface area contributed by atoms with Crippen LogP contribution in [0.3, 0.4) is 0 Å². The third-order valence-corrected chi connectivity index (χ3v) is 3.48. The lowest BCUT2D eigenvalue weighted by atomic mass is 10.1. The molecule has 8 nitrogen and oxygen atoms in total. The van der Waals surface area contributed by atoms with E-state index >= 15 is 0 Å². The monoisotopic (exact) mass is 368 g/mol. The second-order valence-electron chi connectivity index (χ2n) is 5.20. The Kier molecular flexibility index (Phi) is 6.54. The van der Waals surface area contributed by atoms with E-state index in [1.165, 1.54) is 56.9 Å². The molecule has 0 saturated heterocycles. The molecule has 0 fully saturated rings. The highest BCUT2D eigenvalue weighted by Gasteiger charge is 2.13. The molecule has 0 bridgehead atoms. The number of rotatable bonds is 6. The zero-order chi connectivity index (χ0) is 19.8. The summed E-state index contributed by atoms with van der Waals surface area (Å²) in [5, 5.41) is 11.0. The number of hydrogen-bond acceptors (Lipinski definition) is 7. The number of allylic oxidation sites excluding steroid dienone is 1. The molecule has 0 aliphatic carbocycles. The van der Waals surface area contributed by atoms with E-state index in [0.717, 1.165) is 0 Å². The van der Waals surface area contributed by atoms with Crippen molar-refractivity contribution >= 4 is 35.6 Å². The first-order valence-electron chi connectivity index (χ1n) is 7.72. The van der Waals surface area contributed by atoms with Gasteiger partial charge in [-0.2, -0.15) is 0 Å². The Morgan fingerprint density at radius 3 is 2.19 bits per heavy atom. The maximum Gasteiger partial charge on any atom is 0.337 e. The van der Waals surface area contributed by atoms with Gasteiger partial charge in [0.15, 0.2) is 0 Å². The van der Waals surface area contributed by atoms with E-state index < -0.39 is 16.9 Å². The number of para-hydroxylation sites is 1. The van der Waals surface area contributed by atoms with Crippen LogP contribution in [-0.4, -0.2) is 37.3 Å². The number of esters is 2. The SMILES string of the molecule is COC(=O)c1cc(N=CC=Cc2ccccc2[N+](=O)[O-])cc(C(=O)OC)c1. The summed E-state index contributed by atoms with van der Waals surface area (Å²) in [5.41, 5.74) is 1.02. The van der Waals surface area contributed by atoms with Crippen LogP contribution < -0.4 is 0 Å². The molecule has 0 aliphatic rings. The van der Waals surface area contributed by atoms with Gasteiger partial charge in [-0.05, 0) is 36.4 Å². The quantitative estimate of drug-likeness (QED) is 0.334. The van der Waals surface area contributed by atoms with E-state index in [0.29, 0.717) is 11.3 Å². The fourth-order valence-electron chi connectivity index (χ4n) is 2.23. The number of carbonyl (C=O) groups excluding carboxylic acids is 2. The number of nitro benzene ring substituents is 1. The highest BCUT2D eigenvalue weighted by Crippen LogP contribution is 2.20. The van der Waals surface area contributed by atoms with Gasteiger partial charge < -0.3 is 9.47 Å². The molecule has 0 N–H and O–H groups in total. The van der Waals surface area contributed by atoms with E-state index in [1.54, 1.807) is 18.2 Å². The van der Waals surface area contributed by atoms with E-state index in [4.69, 9.17) is 0 Å². The van der Waals surface area contributed by atoms with Crippen LogP contribution in [0.5, 0.6) is 0 Å². The molecule has 0 heterocycles. The zero-order valence-electron chi connectivity index (χ0n) is 14.6. The molecule has 2 aromatic rings. The van der Waals surface area contributed by atoms with Gasteiger partial charge in [0.05, 0.1) is 41.5 Å². The second-order valence-corrected chi connectivity index (χ2v) is 5.20. The molecule has 0 aromatic heterocycles. The molecule has 0 unspecified atom stereocenters. The van der Waals surface area contributed by atoms with Crippen molar-refractivity contribution in [1.82, 2.24) is 0 Å². The predicted molar refractivity (Wildman–Crippen MR) is 99.4 cm³/mol. The van der Waals surface area contributed by atoms with E-state index in [2.05, 4.69) is 14.5 Å². The van der Waals surface area contributed by atoms with E-state index in [9.17, 15) is 19.7 Å². The maximum atomic E-state index is 11.7. The summed E-state index contributed by atoms with van der Waals surface area (Å²) in [5.74, 6) is -1.24. The molecule has 0 aliphatic heterocycles. The molecule has 0 atom stereocenters. The van der Waals surface area contributed by atoms with Gasteiger partial charge in [-0.15, -0.1) is 0 Å². The maximum absolute atomic E-state index is 11.7. The fraction of sp³-hybridized carbons (Fsp3) is 0.105. The van der Waals surface area contributed by atoms with Crippen molar-refractivity contribution in [2.75, 3.05) is 14.2 Å². The predicted octanol–water partition coefficient (Wildman–Crippen LogP) is 3.58. The first kappa shape index (κ1) is 19.5. The van der Waals surface area contributed by atoms with Crippen LogP contribution in [0, 0.1) is 10.1 Å². The van der Waals surface area contributed by atoms with Crippen molar-refractivity contribution in [2.45, 2.75) is 0 Å². The minimum Gasteiger partial charge on any atom is -0.465 e. The van der Waals surface area contributed by atoms with E-state index in [1.807, 2.05) is 0 Å². The topological polar surface area (TPSA) is 108 Å². The summed E-state index contributed by atoms with van der Waals surface area (Å²) in [6, 6.07) is 10.5. The van der Waals surface area contributed by atoms with Gasteiger partial charge in [0, 0.05) is 12.3 Å². The van der Waals surface area contributed by atoms with Gasteiger partial charge in [0.2, 0.25) is 0 Å². The van der Waals surface area contributed by atoms with Crippen LogP contribution in [0.15, 0.2) is 53.5 Å². The molecule has 2 aromatic carbocycles. The molecular weight excluding hydrogens is 352 g/mol. The average molecular weight is 368 g/mol. The summed E-state index contributed by atoms with van der Waals surface area (Å²) in [6.45, 7) is 0. The number of benzene rings is 2. The van der Waals surface area contributed by atoms with Gasteiger partial charge in [0.1, 0.15) is 0 Å². The minimum absolute atomic E-state index is 0.0252. The van der Waals surface area contributed by atoms with Gasteiger partial charge >= 0.3 is 11.9 Å². The highest BCUT2D eigenvalue weighted by atomic mass is 16.6. The van der Waals surface area contributed by atoms with Crippen LogP contribution in [0.25, 0.3) is 6.08 Å². The zero-order valence-corrected chi connectivity index (χ0v) is 14.6. The van der Waals surface area contributed by atoms with Crippen LogP contribution >= 0.6 is 0 Å². The summed E-state index contributed by atoms with van der Waals surface area (Å²) in [6.07, 6.45) is 4.45. The minimum atomic E-state index is -0.618. The van der Waals surface area contributed by atoms with E-state index in [-0.39, 0.29) is 16.8 Å². The molecule has 27 heavy (non-hydrogen) atoms. The lowest BCUT2D eigenvalue weighted by molar-refractivity contribution is -0.385. The van der Waals surface area contributed by atoms with Crippen LogP contribution in [-0.2, 0) is 9.47 Å². The average Bonchev–Trinajstić information content (AvgIpc) is 2.69. The third kappa shape index (κ3) is 5.08. The Morgan fingerprint density at radius 1 is 1.04 bits per heavy atom. The number of carbonyl (C=O) groups is 2. The number of nitrogens with zero attached hydrogens (tertiary/aromatic N) is 2. The van der Waals surface area contributed by atoms with Crippen LogP contribution in [0.4, 0.5) is 11.4 Å². The number of methoxy groups -OCH3 is 2. The first-order chi connectivity index (χ1) is 13.0. The molecule has 138 valence electrons. The Balaban J connectivity index is 2.29. The summed E-state index contributed by atoms with van der Waals surface area (Å²) in [7, 11) is 2.46. The summed E-state index contributed by atoms with van der Waals surface area (Å²) < 4.78 is 9.32. The number of nitro groups is 1. The molecule has 0 amide bonds. The number of aliphatic imine (C=N–C) groups is 1. The largest absolute Gasteiger partial charge is 0.465 e. The summed E-state index contributed by atoms with van der Waals surface area (Å²) >= 11 is 0. The van der Waals surface area contributed by atoms with Crippen molar-refractivity contribution in [3.05, 3.63) is 75.3 Å². The number of ether oxygens (including phenoxy) is 2. The highest BCUT2D eigenvalue weighted by molar-refractivity contribution is 5.97. The third-order valence-electron chi connectivity index (χ3n) is 3.48. The molecule has 8 heteroatoms. The van der Waals surface area contributed by atoms with Gasteiger partial charge in [-0.25, -0.2) is 9.59 Å². The molecule has 0 saturated carbocycles. The van der Waals surface area contributed by atoms with Crippen LogP contribution in [0.2, 0.25) is 0 Å². The summed E-state index contributed by atoms with van der Waals surface area (Å²) in [4.78, 5) is 38.1. The van der Waals surface area contributed by atoms with Gasteiger partial charge in [0.25, 0.3) is 5.69 Å². The Morgan fingerprint density at radius 2 is 1.63 bits per heavy atom. The van der Waals surface area contributed by atoms with Crippen molar-refractivity contribution in [3.63, 3.8) is 0 Å². The number of hydrogen-bond donors (Lipinski definition) is 0. The Labute approximate surface area is 154 Å². The van der Waals surface area contributed by atoms with Crippen molar-refractivity contribution in [2.24, 2.45) is 4.99 Å². The Bertz CT molecular complexity index is 899. The normalized spacial score (nSPS) is 10.9. The van der Waals surface area contributed by atoms with Gasteiger partial charge in [-0.1, -0.05) is 12.1 Å². The first-order valence-corrected chi connectivity index (χ1v) is 7.72. The lowest BCUT2D eigenvalue weighted by Gasteiger charge is -2.04. The van der Waals surface area contributed by atoms with Crippen molar-refractivity contribution in [1.29, 1.82) is 0 Å². The fourth-order valence-corrected chi connectivity index (χ4v) is 2.23. The van der Waals surface area contributed by atoms with Crippen molar-refractivity contribution in [3.8, 4) is 0 Å². The molecule has 0 spiro atoms. The van der Waals surface area contributed by atoms with Crippen LogP contribution in [0.1, 0.15) is 26.3 Å². The lowest BCUT2D eigenvalue weighted by Crippen LogP contribution is -2.06. The van der Waals surface area contributed by atoms with Crippen molar-refractivity contribution < 1.29 is 24.0 Å².